The maximum atomic E-state index is 15.4. The summed E-state index contributed by atoms with van der Waals surface area (Å²) < 4.78 is 49.8. The van der Waals surface area contributed by atoms with Crippen LogP contribution in [0, 0.1) is 68.0 Å². The van der Waals surface area contributed by atoms with Gasteiger partial charge in [-0.3, -0.25) is 0 Å². The molecular weight excluding hydrogens is 830 g/mol. The van der Waals surface area contributed by atoms with E-state index in [1.165, 1.54) is 24.3 Å². The topological polar surface area (TPSA) is 153 Å². The molecule has 0 fully saturated rings. The van der Waals surface area contributed by atoms with Crippen molar-refractivity contribution >= 4 is 43.6 Å². The van der Waals surface area contributed by atoms with Gasteiger partial charge in [-0.2, -0.15) is 44.7 Å². The van der Waals surface area contributed by atoms with Crippen LogP contribution in [0.4, 0.5) is 13.2 Å². The third-order valence-corrected chi connectivity index (χ3v) is 12.0. The lowest BCUT2D eigenvalue weighted by atomic mass is 9.91. The van der Waals surface area contributed by atoms with Gasteiger partial charge in [0, 0.05) is 32.7 Å². The summed E-state index contributed by atoms with van der Waals surface area (Å²) in [5.74, 6) is 0. The molecule has 0 atom stereocenters. The van der Waals surface area contributed by atoms with Crippen LogP contribution in [0.3, 0.4) is 0 Å². The Morgan fingerprint density at radius 2 is 0.848 bits per heavy atom. The van der Waals surface area contributed by atoms with Crippen molar-refractivity contribution < 1.29 is 13.2 Å². The van der Waals surface area contributed by atoms with E-state index in [4.69, 9.17) is 0 Å². The van der Waals surface area contributed by atoms with E-state index >= 15 is 13.2 Å². The number of nitriles is 6. The molecule has 8 aromatic carbocycles. The van der Waals surface area contributed by atoms with E-state index in [9.17, 15) is 31.6 Å². The third-order valence-electron chi connectivity index (χ3n) is 12.0. The highest BCUT2D eigenvalue weighted by atomic mass is 19.4. The van der Waals surface area contributed by atoms with E-state index in [1.54, 1.807) is 47.0 Å². The van der Waals surface area contributed by atoms with Gasteiger partial charge in [-0.15, -0.1) is 0 Å². The van der Waals surface area contributed by atoms with Gasteiger partial charge in [0.25, 0.3) is 0 Å². The Labute approximate surface area is 374 Å². The summed E-state index contributed by atoms with van der Waals surface area (Å²) in [4.78, 5) is 0. The van der Waals surface area contributed by atoms with Crippen molar-refractivity contribution in [2.24, 2.45) is 0 Å². The zero-order valence-electron chi connectivity index (χ0n) is 34.1. The molecule has 0 aliphatic rings. The fourth-order valence-electron chi connectivity index (χ4n) is 9.12. The Balaban J connectivity index is 1.35. The molecule has 10 aromatic rings. The number of benzene rings is 8. The Hall–Kier alpha value is -9.91. The van der Waals surface area contributed by atoms with Gasteiger partial charge in [-0.25, -0.2) is 0 Å². The first-order valence-corrected chi connectivity index (χ1v) is 20.3. The Kier molecular flexibility index (Phi) is 9.41. The molecule has 306 valence electrons. The molecule has 10 rings (SSSR count). The van der Waals surface area contributed by atoms with Crippen LogP contribution in [0.25, 0.3) is 88.4 Å². The number of halogens is 3. The number of hydrogen-bond donors (Lipinski definition) is 0. The van der Waals surface area contributed by atoms with Crippen LogP contribution in [0.15, 0.2) is 152 Å². The molecular formula is C55H25F3N8. The van der Waals surface area contributed by atoms with Gasteiger partial charge >= 0.3 is 6.18 Å². The van der Waals surface area contributed by atoms with Crippen molar-refractivity contribution in [2.75, 3.05) is 0 Å². The second-order valence-electron chi connectivity index (χ2n) is 15.5. The maximum Gasteiger partial charge on any atom is 0.417 e. The lowest BCUT2D eigenvalue weighted by Crippen LogP contribution is -2.11. The van der Waals surface area contributed by atoms with Gasteiger partial charge in [0.15, 0.2) is 0 Å². The van der Waals surface area contributed by atoms with E-state index in [0.717, 1.165) is 27.6 Å². The summed E-state index contributed by atoms with van der Waals surface area (Å²) in [6.45, 7) is 0. The number of rotatable bonds is 5. The smallest absolute Gasteiger partial charge is 0.309 e. The minimum absolute atomic E-state index is 0.0126. The van der Waals surface area contributed by atoms with Gasteiger partial charge in [-0.1, -0.05) is 78.9 Å². The van der Waals surface area contributed by atoms with E-state index in [-0.39, 0.29) is 44.8 Å². The van der Waals surface area contributed by atoms with Crippen LogP contribution >= 0.6 is 0 Å². The Morgan fingerprint density at radius 1 is 0.364 bits per heavy atom. The second-order valence-corrected chi connectivity index (χ2v) is 15.5. The predicted octanol–water partition coefficient (Wildman–Crippen LogP) is 13.1. The van der Waals surface area contributed by atoms with Gasteiger partial charge < -0.3 is 9.13 Å². The lowest BCUT2D eigenvalue weighted by Gasteiger charge is -2.22. The number of nitrogens with zero attached hydrogens (tertiary/aromatic N) is 8. The van der Waals surface area contributed by atoms with E-state index in [0.29, 0.717) is 55.4 Å². The molecule has 0 bridgehead atoms. The summed E-state index contributed by atoms with van der Waals surface area (Å²) in [5.41, 5.74) is 4.67. The van der Waals surface area contributed by atoms with Gasteiger partial charge in [-0.05, 0) is 95.1 Å². The highest BCUT2D eigenvalue weighted by molar-refractivity contribution is 6.12. The molecule has 0 radical (unpaired) electrons. The fraction of sp³-hybridized carbons (Fsp3) is 0.0182. The Bertz CT molecular complexity index is 4020. The molecule has 0 aliphatic carbocycles. The van der Waals surface area contributed by atoms with Crippen molar-refractivity contribution in [3.63, 3.8) is 0 Å². The fourth-order valence-corrected chi connectivity index (χ4v) is 9.12. The first-order chi connectivity index (χ1) is 32.1. The number of fused-ring (bicyclic) bond motifs is 6. The highest BCUT2D eigenvalue weighted by Gasteiger charge is 2.36. The van der Waals surface area contributed by atoms with Crippen molar-refractivity contribution in [1.29, 1.82) is 31.6 Å². The minimum Gasteiger partial charge on any atom is -0.309 e. The molecule has 0 N–H and O–H groups in total. The van der Waals surface area contributed by atoms with Crippen molar-refractivity contribution in [3.8, 4) is 81.2 Å². The van der Waals surface area contributed by atoms with Gasteiger partial charge in [0.1, 0.15) is 6.07 Å². The van der Waals surface area contributed by atoms with Crippen LogP contribution in [0.1, 0.15) is 38.9 Å². The summed E-state index contributed by atoms with van der Waals surface area (Å²) in [7, 11) is 0. The van der Waals surface area contributed by atoms with E-state index < -0.39 is 11.7 Å². The zero-order valence-corrected chi connectivity index (χ0v) is 34.1. The van der Waals surface area contributed by atoms with Crippen LogP contribution < -0.4 is 0 Å². The number of hydrogen-bond acceptors (Lipinski definition) is 6. The van der Waals surface area contributed by atoms with Crippen molar-refractivity contribution in [1.82, 2.24) is 9.13 Å². The van der Waals surface area contributed by atoms with Crippen LogP contribution in [0.5, 0.6) is 0 Å². The van der Waals surface area contributed by atoms with Crippen molar-refractivity contribution in [2.45, 2.75) is 6.18 Å². The van der Waals surface area contributed by atoms with Crippen LogP contribution in [-0.2, 0) is 6.18 Å². The zero-order chi connectivity index (χ0) is 45.9. The number of aromatic nitrogens is 2. The lowest BCUT2D eigenvalue weighted by molar-refractivity contribution is -0.137. The second kappa shape index (κ2) is 15.5. The molecule has 2 aromatic heterocycles. The maximum absolute atomic E-state index is 15.4. The normalized spacial score (nSPS) is 11.2. The molecule has 0 aliphatic heterocycles. The van der Waals surface area contributed by atoms with Gasteiger partial charge in [0.05, 0.1) is 103 Å². The average Bonchev–Trinajstić information content (AvgIpc) is 3.86. The van der Waals surface area contributed by atoms with Gasteiger partial charge in [0.2, 0.25) is 0 Å². The van der Waals surface area contributed by atoms with Crippen molar-refractivity contribution in [3.05, 3.63) is 191 Å². The molecule has 66 heavy (non-hydrogen) atoms. The summed E-state index contributed by atoms with van der Waals surface area (Å²) in [5, 5.41) is 64.1. The SMILES string of the molecule is N#Cc1ccc(-c2ccc3c4ccccc4n(-c4cc(-c5c(C#N)cccc5C(F)(F)F)c(-n5c6ccccc6c6ccc(-c7ccc(C#N)cc7C#N)cc65)cc4C#N)c3c2)c(C#N)c1. The van der Waals surface area contributed by atoms with E-state index in [1.807, 2.05) is 89.5 Å². The standard InChI is InChI=1S/C55H25F3N8/c56-55(57,58)47-9-5-6-36(28-61)54(47)46-25-50(65-48-10-3-1-7-42(48)44-18-14-34(22-51(44)65)40-16-12-32(26-59)20-37(40)29-62)39(31-64)24-53(46)66-49-11-4-2-8-43(49)45-19-15-35(23-52(45)66)41-17-13-33(27-60)21-38(41)30-63/h1-25H. The molecule has 0 saturated heterocycles. The number of alkyl halides is 3. The Morgan fingerprint density at radius 3 is 1.33 bits per heavy atom. The first-order valence-electron chi connectivity index (χ1n) is 20.3. The first kappa shape index (κ1) is 40.2. The summed E-state index contributed by atoms with van der Waals surface area (Å²) >= 11 is 0. The molecule has 2 heterocycles. The monoisotopic (exact) mass is 854 g/mol. The molecule has 11 heteroatoms. The average molecular weight is 855 g/mol. The van der Waals surface area contributed by atoms with Crippen LogP contribution in [-0.4, -0.2) is 9.13 Å². The van der Waals surface area contributed by atoms with Crippen LogP contribution in [0.2, 0.25) is 0 Å². The summed E-state index contributed by atoms with van der Waals surface area (Å²) in [6, 6.07) is 54.9. The number of para-hydroxylation sites is 2. The highest BCUT2D eigenvalue weighted by Crippen LogP contribution is 2.46. The molecule has 0 unspecified atom stereocenters. The molecule has 0 saturated carbocycles. The quantitative estimate of drug-likeness (QED) is 0.168. The summed E-state index contributed by atoms with van der Waals surface area (Å²) in [6.07, 6.45) is -4.91. The largest absolute Gasteiger partial charge is 0.417 e. The molecule has 0 amide bonds. The molecule has 8 nitrogen and oxygen atoms in total. The predicted molar refractivity (Wildman–Crippen MR) is 245 cm³/mol. The molecule has 0 spiro atoms. The third kappa shape index (κ3) is 6.26. The van der Waals surface area contributed by atoms with E-state index in [2.05, 4.69) is 30.3 Å². The minimum atomic E-state index is -4.91.